The predicted molar refractivity (Wildman–Crippen MR) is 82.5 cm³/mol. The molecule has 1 saturated carbocycles. The Morgan fingerprint density at radius 2 is 2.10 bits per heavy atom. The fraction of sp³-hybridized carbons (Fsp3) is 0.438. The van der Waals surface area contributed by atoms with E-state index in [0.717, 1.165) is 5.69 Å². The second-order valence-electron chi connectivity index (χ2n) is 5.59. The van der Waals surface area contributed by atoms with Gasteiger partial charge in [-0.15, -0.1) is 0 Å². The summed E-state index contributed by atoms with van der Waals surface area (Å²) in [5, 5.41) is 14.9. The third kappa shape index (κ3) is 3.19. The van der Waals surface area contributed by atoms with Gasteiger partial charge in [0.15, 0.2) is 0 Å². The number of rotatable bonds is 4. The molecule has 21 heavy (non-hydrogen) atoms. The number of hydrogen-bond donors (Lipinski definition) is 1. The van der Waals surface area contributed by atoms with Crippen LogP contribution in [-0.2, 0) is 6.42 Å². The molecule has 1 fully saturated rings. The Morgan fingerprint density at radius 1 is 1.33 bits per heavy atom. The van der Waals surface area contributed by atoms with Gasteiger partial charge in [-0.2, -0.15) is 5.10 Å². The number of halogens is 2. The fourth-order valence-electron chi connectivity index (χ4n) is 2.94. The van der Waals surface area contributed by atoms with Crippen LogP contribution in [0.3, 0.4) is 0 Å². The first-order valence-electron chi connectivity index (χ1n) is 7.31. The first-order chi connectivity index (χ1) is 10.1. The highest BCUT2D eigenvalue weighted by Gasteiger charge is 2.19. The SMILES string of the molecule is OC(Cc1ccn(C2CCCC2)n1)c1cccc(F)c1Br. The lowest BCUT2D eigenvalue weighted by molar-refractivity contribution is 0.175. The van der Waals surface area contributed by atoms with Crippen molar-refractivity contribution < 1.29 is 9.50 Å². The Kier molecular flexibility index (Phi) is 4.40. The first-order valence-corrected chi connectivity index (χ1v) is 8.10. The van der Waals surface area contributed by atoms with Crippen molar-refractivity contribution in [3.05, 3.63) is 52.0 Å². The van der Waals surface area contributed by atoms with Crippen molar-refractivity contribution in [2.75, 3.05) is 0 Å². The fourth-order valence-corrected chi connectivity index (χ4v) is 3.47. The highest BCUT2D eigenvalue weighted by atomic mass is 79.9. The smallest absolute Gasteiger partial charge is 0.137 e. The molecule has 1 aromatic carbocycles. The lowest BCUT2D eigenvalue weighted by atomic mass is 10.1. The van der Waals surface area contributed by atoms with Gasteiger partial charge < -0.3 is 5.11 Å². The van der Waals surface area contributed by atoms with Crippen molar-refractivity contribution in [2.24, 2.45) is 0 Å². The lowest BCUT2D eigenvalue weighted by Gasteiger charge is -2.12. The van der Waals surface area contributed by atoms with Gasteiger partial charge >= 0.3 is 0 Å². The Balaban J connectivity index is 1.72. The highest BCUT2D eigenvalue weighted by molar-refractivity contribution is 9.10. The summed E-state index contributed by atoms with van der Waals surface area (Å²) in [5.74, 6) is -0.358. The number of benzene rings is 1. The van der Waals surface area contributed by atoms with Gasteiger partial charge in [0.25, 0.3) is 0 Å². The summed E-state index contributed by atoms with van der Waals surface area (Å²) < 4.78 is 15.8. The van der Waals surface area contributed by atoms with Gasteiger partial charge in [0, 0.05) is 12.6 Å². The molecule has 3 nitrogen and oxygen atoms in total. The zero-order valence-corrected chi connectivity index (χ0v) is 13.3. The maximum Gasteiger partial charge on any atom is 0.137 e. The summed E-state index contributed by atoms with van der Waals surface area (Å²) in [5.41, 5.74) is 1.40. The molecule has 112 valence electrons. The standard InChI is InChI=1S/C16H18BrFN2O/c17-16-13(6-3-7-14(16)18)15(21)10-11-8-9-20(19-11)12-4-1-2-5-12/h3,6-9,12,15,21H,1-2,4-5,10H2. The molecule has 1 unspecified atom stereocenters. The van der Waals surface area contributed by atoms with Gasteiger partial charge in [-0.1, -0.05) is 25.0 Å². The van der Waals surface area contributed by atoms with E-state index in [4.69, 9.17) is 0 Å². The van der Waals surface area contributed by atoms with Gasteiger partial charge in [0.1, 0.15) is 5.82 Å². The Labute approximate surface area is 131 Å². The van der Waals surface area contributed by atoms with Crippen LogP contribution < -0.4 is 0 Å². The minimum Gasteiger partial charge on any atom is -0.388 e. The van der Waals surface area contributed by atoms with Gasteiger partial charge in [0.05, 0.1) is 22.3 Å². The molecule has 0 aliphatic heterocycles. The van der Waals surface area contributed by atoms with Crippen molar-refractivity contribution in [2.45, 2.75) is 44.2 Å². The van der Waals surface area contributed by atoms with Gasteiger partial charge in [-0.3, -0.25) is 4.68 Å². The Bertz CT molecular complexity index is 622. The Morgan fingerprint density at radius 3 is 2.86 bits per heavy atom. The predicted octanol–water partition coefficient (Wildman–Crippen LogP) is 4.18. The number of hydrogen-bond acceptors (Lipinski definition) is 2. The third-order valence-electron chi connectivity index (χ3n) is 4.11. The molecular weight excluding hydrogens is 335 g/mol. The monoisotopic (exact) mass is 352 g/mol. The quantitative estimate of drug-likeness (QED) is 0.896. The van der Waals surface area contributed by atoms with Gasteiger partial charge in [-0.05, 0) is 46.5 Å². The highest BCUT2D eigenvalue weighted by Crippen LogP contribution is 2.30. The average Bonchev–Trinajstić information content (AvgIpc) is 3.12. The molecule has 0 amide bonds. The molecule has 0 radical (unpaired) electrons. The molecule has 0 spiro atoms. The van der Waals surface area contributed by atoms with Gasteiger partial charge in [0.2, 0.25) is 0 Å². The van der Waals surface area contributed by atoms with Crippen LogP contribution in [0.2, 0.25) is 0 Å². The summed E-state index contributed by atoms with van der Waals surface area (Å²) in [6.07, 6.45) is 6.50. The molecular formula is C16H18BrFN2O. The minimum absolute atomic E-state index is 0.327. The summed E-state index contributed by atoms with van der Waals surface area (Å²) in [6, 6.07) is 7.14. The van der Waals surface area contributed by atoms with E-state index in [2.05, 4.69) is 21.0 Å². The van der Waals surface area contributed by atoms with Crippen molar-refractivity contribution in [3.8, 4) is 0 Å². The lowest BCUT2D eigenvalue weighted by Crippen LogP contribution is -2.08. The summed E-state index contributed by atoms with van der Waals surface area (Å²) in [4.78, 5) is 0. The van der Waals surface area contributed by atoms with E-state index in [-0.39, 0.29) is 5.82 Å². The zero-order valence-electron chi connectivity index (χ0n) is 11.7. The maximum absolute atomic E-state index is 13.5. The van der Waals surface area contributed by atoms with Crippen LogP contribution in [0.25, 0.3) is 0 Å². The van der Waals surface area contributed by atoms with Crippen LogP contribution in [0.1, 0.15) is 49.1 Å². The molecule has 1 heterocycles. The second kappa shape index (κ2) is 6.28. The van der Waals surface area contributed by atoms with E-state index >= 15 is 0 Å². The molecule has 2 aromatic rings. The second-order valence-corrected chi connectivity index (χ2v) is 6.38. The molecule has 1 N–H and O–H groups in total. The topological polar surface area (TPSA) is 38.0 Å². The van der Waals surface area contributed by atoms with E-state index in [9.17, 15) is 9.50 Å². The molecule has 3 rings (SSSR count). The molecule has 1 aliphatic rings. The number of aliphatic hydroxyl groups excluding tert-OH is 1. The summed E-state index contributed by atoms with van der Waals surface area (Å²) >= 11 is 3.19. The molecule has 1 aromatic heterocycles. The van der Waals surface area contributed by atoms with Crippen molar-refractivity contribution in [3.63, 3.8) is 0 Å². The molecule has 1 atom stereocenters. The van der Waals surface area contributed by atoms with Crippen LogP contribution >= 0.6 is 15.9 Å². The van der Waals surface area contributed by atoms with Crippen LogP contribution in [0.5, 0.6) is 0 Å². The normalized spacial score (nSPS) is 17.3. The average molecular weight is 353 g/mol. The zero-order chi connectivity index (χ0) is 14.8. The van der Waals surface area contributed by atoms with Gasteiger partial charge in [-0.25, -0.2) is 4.39 Å². The van der Waals surface area contributed by atoms with Crippen LogP contribution in [0, 0.1) is 5.82 Å². The number of aromatic nitrogens is 2. The van der Waals surface area contributed by atoms with E-state index in [0.29, 0.717) is 22.5 Å². The van der Waals surface area contributed by atoms with E-state index in [1.165, 1.54) is 31.7 Å². The number of aliphatic hydroxyl groups is 1. The Hall–Kier alpha value is -1.20. The first kappa shape index (κ1) is 14.7. The van der Waals surface area contributed by atoms with Crippen molar-refractivity contribution in [1.82, 2.24) is 9.78 Å². The molecule has 0 bridgehead atoms. The molecule has 0 saturated heterocycles. The largest absolute Gasteiger partial charge is 0.388 e. The summed E-state index contributed by atoms with van der Waals surface area (Å²) in [6.45, 7) is 0. The van der Waals surface area contributed by atoms with Crippen LogP contribution in [0.15, 0.2) is 34.9 Å². The third-order valence-corrected chi connectivity index (χ3v) is 4.94. The van der Waals surface area contributed by atoms with Crippen molar-refractivity contribution in [1.29, 1.82) is 0 Å². The molecule has 1 aliphatic carbocycles. The number of nitrogens with zero attached hydrogens (tertiary/aromatic N) is 2. The van der Waals surface area contributed by atoms with E-state index in [1.807, 2.05) is 16.9 Å². The minimum atomic E-state index is -0.762. The van der Waals surface area contributed by atoms with E-state index < -0.39 is 6.10 Å². The van der Waals surface area contributed by atoms with Crippen molar-refractivity contribution >= 4 is 15.9 Å². The van der Waals surface area contributed by atoms with Crippen LogP contribution in [-0.4, -0.2) is 14.9 Å². The summed E-state index contributed by atoms with van der Waals surface area (Å²) in [7, 11) is 0. The maximum atomic E-state index is 13.5. The van der Waals surface area contributed by atoms with Crippen LogP contribution in [0.4, 0.5) is 4.39 Å². The van der Waals surface area contributed by atoms with E-state index in [1.54, 1.807) is 12.1 Å². The molecule has 5 heteroatoms.